The molecular formula is C96H164BF4N9O24. The van der Waals surface area contributed by atoms with Crippen molar-refractivity contribution in [3.63, 3.8) is 0 Å². The smallest absolute Gasteiger partial charge is 0.438 e. The molecule has 8 amide bonds. The third-order valence-corrected chi connectivity index (χ3v) is 27.3. The summed E-state index contributed by atoms with van der Waals surface area (Å²) in [6.45, 7) is 55.7. The van der Waals surface area contributed by atoms with E-state index in [4.69, 9.17) is 62.3 Å². The number of carbonyl (C=O) groups is 9. The van der Waals surface area contributed by atoms with E-state index in [1.165, 1.54) is 51.4 Å². The lowest BCUT2D eigenvalue weighted by molar-refractivity contribution is -0.179. The minimum atomic E-state index is -1.43. The Balaban J connectivity index is 0.000000259. The third kappa shape index (κ3) is 30.2. The van der Waals surface area contributed by atoms with Gasteiger partial charge in [0, 0.05) is 95.4 Å². The summed E-state index contributed by atoms with van der Waals surface area (Å²) in [6.07, 6.45) is 14.9. The molecule has 2 radical (unpaired) electrons. The Labute approximate surface area is 795 Å². The molecule has 0 saturated carbocycles. The number of allylic oxidation sites excluding steroid dienone is 1. The molecule has 134 heavy (non-hydrogen) atoms. The van der Waals surface area contributed by atoms with Crippen molar-refractivity contribution in [1.29, 1.82) is 0 Å². The van der Waals surface area contributed by atoms with E-state index in [0.29, 0.717) is 95.4 Å². The van der Waals surface area contributed by atoms with Gasteiger partial charge in [-0.3, -0.25) is 38.4 Å². The molecule has 38 heteroatoms. The van der Waals surface area contributed by atoms with Crippen LogP contribution < -0.4 is 10.6 Å². The molecule has 0 unspecified atom stereocenters. The molecule has 0 aliphatic carbocycles. The van der Waals surface area contributed by atoms with Crippen LogP contribution in [0.1, 0.15) is 249 Å². The fourth-order valence-electron chi connectivity index (χ4n) is 19.6. The van der Waals surface area contributed by atoms with Crippen LogP contribution in [-0.2, 0) is 99.9 Å². The number of fused-ring (bicyclic) bond motifs is 7. The Kier molecular flexibility index (Phi) is 46.2. The van der Waals surface area contributed by atoms with Crippen molar-refractivity contribution in [2.45, 2.75) is 380 Å². The maximum absolute atomic E-state index is 13.6. The largest absolute Gasteiger partial charge is 0.508 e. The number of hydrogen-bond acceptors (Lipinski definition) is 25. The predicted molar refractivity (Wildman–Crippen MR) is 495 cm³/mol. The molecule has 33 nitrogen and oxygen atoms in total. The second-order valence-electron chi connectivity index (χ2n) is 39.2. The molecule has 0 aromatic rings. The monoisotopic (exact) mass is 1910 g/mol. The number of rotatable bonds is 11. The van der Waals surface area contributed by atoms with Gasteiger partial charge in [0.05, 0.1) is 129 Å². The van der Waals surface area contributed by atoms with Crippen molar-refractivity contribution in [3.8, 4) is 0 Å². The first-order chi connectivity index (χ1) is 62.8. The third-order valence-electron chi connectivity index (χ3n) is 27.3. The Morgan fingerprint density at radius 1 is 0.507 bits per heavy atom. The second-order valence-corrected chi connectivity index (χ2v) is 39.2. The van der Waals surface area contributed by atoms with E-state index >= 15 is 0 Å². The van der Waals surface area contributed by atoms with E-state index < -0.39 is 83.2 Å². The Hall–Kier alpha value is -6.69. The quantitative estimate of drug-likeness (QED) is 0.0491. The zero-order valence-corrected chi connectivity index (χ0v) is 85.0. The van der Waals surface area contributed by atoms with E-state index in [0.717, 1.165) is 71.9 Å². The van der Waals surface area contributed by atoms with Crippen LogP contribution in [0.4, 0.5) is 22.4 Å². The highest BCUT2D eigenvalue weighted by Gasteiger charge is 2.61. The summed E-state index contributed by atoms with van der Waals surface area (Å²) in [6, 6.07) is 0.963. The number of alkyl halides is 4. The SMILES string of the molecule is C1CCOC1.C1CCOC1.C=CCOC(=O)OC.CC1(C)OC[C@@H]2C=CC(=O)N21.CC1(C)OC[C@@H]2CCC(=O)N21.CC1=CC[C@H]2COC(C)(C)N12.CC[C@@H]1CC(=O)N2[C@@H]1COC2(C)C.CC[C@@H]1[C@H](F)C(=O)N2[C@@H]1COC2(C)C.CC[C@@H]1[C@H](F)C(=O)N2[C@@H]1COC2(C)C.CC[C@@H]1[C@H](F)C(=O)N[C@@H]1CO.CC[C@H]1[C@H]2COC(C)(C)N2C(=O)[C@@H]1F.COC(C)(C)OC.O=C1CC[C@@H](CO)N1.[B]C. The van der Waals surface area contributed by atoms with Gasteiger partial charge in [-0.1, -0.05) is 72.7 Å². The van der Waals surface area contributed by atoms with E-state index in [1.54, 1.807) is 46.8 Å². The van der Waals surface area contributed by atoms with Crippen LogP contribution in [0, 0.1) is 29.6 Å². The van der Waals surface area contributed by atoms with Crippen molar-refractivity contribution < 1.29 is 133 Å². The van der Waals surface area contributed by atoms with Crippen molar-refractivity contribution >= 4 is 61.3 Å². The molecule has 0 bridgehead atoms. The average Bonchev–Trinajstić information content (AvgIpc) is 1.60. The highest BCUT2D eigenvalue weighted by Crippen LogP contribution is 2.46. The summed E-state index contributed by atoms with van der Waals surface area (Å²) in [5, 5.41) is 22.2. The summed E-state index contributed by atoms with van der Waals surface area (Å²) in [4.78, 5) is 113. The maximum Gasteiger partial charge on any atom is 0.508 e. The van der Waals surface area contributed by atoms with Gasteiger partial charge in [-0.15, -0.1) is 0 Å². The molecule has 18 heterocycles. The minimum Gasteiger partial charge on any atom is -0.438 e. The van der Waals surface area contributed by atoms with Crippen LogP contribution in [0.3, 0.4) is 0 Å². The van der Waals surface area contributed by atoms with Crippen molar-refractivity contribution in [2.75, 3.05) is 114 Å². The Morgan fingerprint density at radius 2 is 0.910 bits per heavy atom. The fourth-order valence-corrected chi connectivity index (χ4v) is 19.6. The number of methoxy groups -OCH3 is 3. The van der Waals surface area contributed by atoms with Gasteiger partial charge in [0.15, 0.2) is 30.5 Å². The molecule has 768 valence electrons. The molecule has 16 fully saturated rings. The molecule has 4 N–H and O–H groups in total. The standard InChI is InChI=1S/3C10H16FNO2.C10H17NO2.C9H15NO.C8H13NO2.C8H11NO2.C7H12FNO2.C5H9NO2.C5H8O3.C5H12O2.2C4H8O.CH3B/c3*1-4-6-7-5-14-10(2,3)12(7)9(13)8(6)11;1-4-7-5-9(12)11-8(7)6-13-10(11,2)3;1-7-4-5-8-6-11-9(2,3)10(7)8;2*1-8(2)9-6(5-11-8)3-4-7(9)10;1-2-4-5(3-10)9-7(11)6(4)8;7-3-4-1-2-5(8)6-4;1-3-4-8-5(6)7-2;1-5(2,6-3)7-4;2*1-2-4-5-3-1;1-2/h3*6-8H,4-5H2,1-3H3;7-8H,4-6H2,1-3H3;4,8H,5-6H2,1-3H3;6H,3-5H2,1-2H3;3-4,6H,5H2,1-2H3;4-6,10H,2-3H2,1H3,(H,9,11);4,7H,1-3H2,(H,6,8);3H,1,4H2,2H3;1-4H3;2*1-4H2;1H3/t6-,7+,8+;2*6-,7+,8-;7-,8-;8-;2*6-;4-,5+,6-;4-;;;;;/m000100000...../s1. The van der Waals surface area contributed by atoms with Crippen molar-refractivity contribution in [2.24, 2.45) is 29.6 Å². The Bertz CT molecular complexity index is 3640. The number of halogens is 4. The van der Waals surface area contributed by atoms with Gasteiger partial charge in [-0.05, 0) is 194 Å². The zero-order valence-electron chi connectivity index (χ0n) is 85.0. The van der Waals surface area contributed by atoms with Gasteiger partial charge in [0.2, 0.25) is 23.6 Å². The number of amides is 8. The second kappa shape index (κ2) is 52.5. The van der Waals surface area contributed by atoms with Crippen LogP contribution in [0.15, 0.2) is 36.6 Å². The first kappa shape index (κ1) is 118. The number of nitrogens with one attached hydrogen (secondary N) is 2. The lowest BCUT2D eigenvalue weighted by Gasteiger charge is -2.32. The Morgan fingerprint density at radius 3 is 1.25 bits per heavy atom. The molecular weight excluding hydrogens is 1750 g/mol. The lowest BCUT2D eigenvalue weighted by atomic mass is 9.97. The molecule has 0 spiro atoms. The molecule has 18 aliphatic rings. The zero-order chi connectivity index (χ0) is 101. The first-order valence-corrected chi connectivity index (χ1v) is 47.9. The first-order valence-electron chi connectivity index (χ1n) is 47.9. The van der Waals surface area contributed by atoms with Gasteiger partial charge in [-0.2, -0.15) is 0 Å². The molecule has 16 saturated heterocycles. The highest BCUT2D eigenvalue weighted by atomic mass is 19.1. The van der Waals surface area contributed by atoms with Gasteiger partial charge in [0.1, 0.15) is 46.7 Å². The number of ether oxygens (including phenoxy) is 13. The predicted octanol–water partition coefficient (Wildman–Crippen LogP) is 11.2. The van der Waals surface area contributed by atoms with Crippen LogP contribution in [0.5, 0.6) is 0 Å². The molecule has 0 aromatic heterocycles. The highest BCUT2D eigenvalue weighted by molar-refractivity contribution is 6.05. The topological polar surface area (TPSA) is 361 Å². The summed E-state index contributed by atoms with van der Waals surface area (Å²) in [5.41, 5.74) is -1.71. The molecule has 18 rings (SSSR count). The maximum atomic E-state index is 13.6. The summed E-state index contributed by atoms with van der Waals surface area (Å²) in [7, 11) is 8.98. The van der Waals surface area contributed by atoms with Crippen molar-refractivity contribution in [1.82, 2.24) is 44.9 Å². The van der Waals surface area contributed by atoms with Crippen LogP contribution in [0.2, 0.25) is 6.82 Å². The van der Waals surface area contributed by atoms with Gasteiger partial charge in [0.25, 0.3) is 23.6 Å². The number of nitrogens with zero attached hydrogens (tertiary/aromatic N) is 7. The van der Waals surface area contributed by atoms with Gasteiger partial charge in [-0.25, -0.2) is 22.4 Å². The number of aliphatic hydroxyl groups is 2. The number of aliphatic hydroxyl groups excluding tert-OH is 2. The number of hydrogen-bond donors (Lipinski definition) is 4. The molecule has 18 aliphatic heterocycles. The normalized spacial score (nSPS) is 32.2. The minimum absolute atomic E-state index is 0.0301. The lowest BCUT2D eigenvalue weighted by Crippen LogP contribution is -2.44. The summed E-state index contributed by atoms with van der Waals surface area (Å²) in [5.74, 6) is -1.98. The van der Waals surface area contributed by atoms with Crippen LogP contribution >= 0.6 is 0 Å². The van der Waals surface area contributed by atoms with E-state index in [1.807, 2.05) is 134 Å². The molecule has 0 aromatic carbocycles. The summed E-state index contributed by atoms with van der Waals surface area (Å²) < 4.78 is 120. The van der Waals surface area contributed by atoms with Crippen LogP contribution in [0.25, 0.3) is 0 Å². The molecule has 18 atom stereocenters. The summed E-state index contributed by atoms with van der Waals surface area (Å²) >= 11 is 0. The van der Waals surface area contributed by atoms with Gasteiger partial charge >= 0.3 is 6.16 Å². The van der Waals surface area contributed by atoms with Crippen molar-refractivity contribution in [3.05, 3.63) is 36.6 Å². The van der Waals surface area contributed by atoms with E-state index in [2.05, 4.69) is 73.2 Å². The van der Waals surface area contributed by atoms with Crippen LogP contribution in [-0.4, -0.2) is 345 Å². The van der Waals surface area contributed by atoms with Gasteiger partial charge < -0.3 is 117 Å². The average molecular weight is 1920 g/mol. The fraction of sp³-hybridized carbons (Fsp3) is 0.844. The number of carbonyl (C=O) groups excluding carboxylic acids is 9. The van der Waals surface area contributed by atoms with E-state index in [9.17, 15) is 60.7 Å². The van der Waals surface area contributed by atoms with E-state index in [-0.39, 0.29) is 121 Å².